The Morgan fingerprint density at radius 2 is 1.74 bits per heavy atom. The first-order valence-electron chi connectivity index (χ1n) is 7.12. The molecule has 2 aromatic rings. The summed E-state index contributed by atoms with van der Waals surface area (Å²) in [6.45, 7) is 2.42. The van der Waals surface area contributed by atoms with Crippen molar-refractivity contribution in [1.82, 2.24) is 0 Å². The molecule has 0 atom stereocenters. The molecule has 0 aliphatic rings. The maximum atomic E-state index is 12.4. The van der Waals surface area contributed by atoms with Crippen molar-refractivity contribution in [3.8, 4) is 0 Å². The fourth-order valence-corrected chi connectivity index (χ4v) is 2.04. The van der Waals surface area contributed by atoms with Gasteiger partial charge in [-0.3, -0.25) is 4.79 Å². The van der Waals surface area contributed by atoms with Gasteiger partial charge >= 0.3 is 6.18 Å². The van der Waals surface area contributed by atoms with Gasteiger partial charge in [-0.2, -0.15) is 13.2 Å². The number of nitrogens with one attached hydrogen (secondary N) is 2. The van der Waals surface area contributed by atoms with E-state index in [1.165, 1.54) is 12.1 Å². The molecule has 3 nitrogen and oxygen atoms in total. The maximum absolute atomic E-state index is 12.4. The SMILES string of the molecule is Cc1cccc(NCCC(=O)Nc2ccc(C(F)(F)F)cc2)c1. The molecule has 0 aromatic heterocycles. The molecule has 0 radical (unpaired) electrons. The number of hydrogen-bond acceptors (Lipinski definition) is 2. The Hall–Kier alpha value is -2.50. The molecule has 6 heteroatoms. The van der Waals surface area contributed by atoms with Gasteiger partial charge in [-0.15, -0.1) is 0 Å². The summed E-state index contributed by atoms with van der Waals surface area (Å²) in [6, 6.07) is 12.1. The molecule has 0 spiro atoms. The number of hydrogen-bond donors (Lipinski definition) is 2. The summed E-state index contributed by atoms with van der Waals surface area (Å²) in [5.74, 6) is -0.259. The highest BCUT2D eigenvalue weighted by Crippen LogP contribution is 2.29. The molecular weight excluding hydrogens is 305 g/mol. The van der Waals surface area contributed by atoms with Crippen LogP contribution in [0.1, 0.15) is 17.5 Å². The van der Waals surface area contributed by atoms with Crippen LogP contribution in [0.3, 0.4) is 0 Å². The van der Waals surface area contributed by atoms with Crippen molar-refractivity contribution in [1.29, 1.82) is 0 Å². The lowest BCUT2D eigenvalue weighted by atomic mass is 10.2. The quantitative estimate of drug-likeness (QED) is 0.853. The third kappa shape index (κ3) is 5.32. The maximum Gasteiger partial charge on any atom is 0.416 e. The van der Waals surface area contributed by atoms with Crippen molar-refractivity contribution in [2.24, 2.45) is 0 Å². The third-order valence-electron chi connectivity index (χ3n) is 3.20. The van der Waals surface area contributed by atoms with Gasteiger partial charge < -0.3 is 10.6 Å². The van der Waals surface area contributed by atoms with Gasteiger partial charge in [0.1, 0.15) is 0 Å². The van der Waals surface area contributed by atoms with Gasteiger partial charge in [0, 0.05) is 24.3 Å². The van der Waals surface area contributed by atoms with E-state index in [0.29, 0.717) is 12.2 Å². The second kappa shape index (κ2) is 7.17. The minimum atomic E-state index is -4.37. The van der Waals surface area contributed by atoms with Gasteiger partial charge in [-0.1, -0.05) is 12.1 Å². The van der Waals surface area contributed by atoms with Gasteiger partial charge in [0.15, 0.2) is 0 Å². The Balaban J connectivity index is 1.80. The number of carbonyl (C=O) groups excluding carboxylic acids is 1. The predicted molar refractivity (Wildman–Crippen MR) is 84.4 cm³/mol. The lowest BCUT2D eigenvalue weighted by Crippen LogP contribution is -2.16. The lowest BCUT2D eigenvalue weighted by Gasteiger charge is -2.10. The standard InChI is InChI=1S/C17H17F3N2O/c1-12-3-2-4-15(11-12)21-10-9-16(23)22-14-7-5-13(6-8-14)17(18,19)20/h2-8,11,21H,9-10H2,1H3,(H,22,23). The summed E-state index contributed by atoms with van der Waals surface area (Å²) >= 11 is 0. The van der Waals surface area contributed by atoms with Gasteiger partial charge in [-0.05, 0) is 48.9 Å². The van der Waals surface area contributed by atoms with E-state index in [2.05, 4.69) is 10.6 Å². The number of carbonyl (C=O) groups is 1. The fraction of sp³-hybridized carbons (Fsp3) is 0.235. The monoisotopic (exact) mass is 322 g/mol. The van der Waals surface area contributed by atoms with Crippen LogP contribution in [-0.2, 0) is 11.0 Å². The van der Waals surface area contributed by atoms with E-state index in [9.17, 15) is 18.0 Å². The minimum absolute atomic E-state index is 0.217. The molecule has 0 aliphatic heterocycles. The van der Waals surface area contributed by atoms with E-state index in [-0.39, 0.29) is 12.3 Å². The van der Waals surface area contributed by atoms with Crippen LogP contribution in [0.15, 0.2) is 48.5 Å². The Labute approximate surface area is 132 Å². The number of alkyl halides is 3. The Morgan fingerprint density at radius 3 is 2.35 bits per heavy atom. The van der Waals surface area contributed by atoms with Crippen LogP contribution in [0.5, 0.6) is 0 Å². The van der Waals surface area contributed by atoms with Crippen LogP contribution in [0.2, 0.25) is 0 Å². The average molecular weight is 322 g/mol. The zero-order chi connectivity index (χ0) is 16.9. The highest BCUT2D eigenvalue weighted by atomic mass is 19.4. The van der Waals surface area contributed by atoms with E-state index in [1.807, 2.05) is 31.2 Å². The summed E-state index contributed by atoms with van der Waals surface area (Å²) in [4.78, 5) is 11.8. The van der Waals surface area contributed by atoms with Gasteiger partial charge in [-0.25, -0.2) is 0 Å². The first-order valence-corrected chi connectivity index (χ1v) is 7.12. The first kappa shape index (κ1) is 16.9. The Kier molecular flexibility index (Phi) is 5.26. The van der Waals surface area contributed by atoms with Crippen molar-refractivity contribution in [2.45, 2.75) is 19.5 Å². The van der Waals surface area contributed by atoms with Crippen LogP contribution >= 0.6 is 0 Å². The molecule has 0 aliphatic carbocycles. The molecule has 0 fully saturated rings. The van der Waals surface area contributed by atoms with Crippen molar-refractivity contribution in [3.05, 3.63) is 59.7 Å². The van der Waals surface area contributed by atoms with E-state index in [1.54, 1.807) is 0 Å². The van der Waals surface area contributed by atoms with Gasteiger partial charge in [0.2, 0.25) is 5.91 Å². The third-order valence-corrected chi connectivity index (χ3v) is 3.20. The van der Waals surface area contributed by atoms with Crippen LogP contribution in [0, 0.1) is 6.92 Å². The van der Waals surface area contributed by atoms with Crippen molar-refractivity contribution in [3.63, 3.8) is 0 Å². The number of anilines is 2. The van der Waals surface area contributed by atoms with Crippen LogP contribution in [0.4, 0.5) is 24.5 Å². The highest BCUT2D eigenvalue weighted by Gasteiger charge is 2.29. The van der Waals surface area contributed by atoms with Crippen molar-refractivity contribution >= 4 is 17.3 Å². The molecule has 2 aromatic carbocycles. The second-order valence-corrected chi connectivity index (χ2v) is 5.17. The Morgan fingerprint density at radius 1 is 1.04 bits per heavy atom. The molecule has 1 amide bonds. The van der Waals surface area contributed by atoms with Crippen LogP contribution in [0.25, 0.3) is 0 Å². The molecular formula is C17H17F3N2O. The number of benzene rings is 2. The first-order chi connectivity index (χ1) is 10.8. The Bertz CT molecular complexity index is 666. The lowest BCUT2D eigenvalue weighted by molar-refractivity contribution is -0.137. The van der Waals surface area contributed by atoms with Crippen LogP contribution in [-0.4, -0.2) is 12.5 Å². The van der Waals surface area contributed by atoms with Crippen molar-refractivity contribution < 1.29 is 18.0 Å². The highest BCUT2D eigenvalue weighted by molar-refractivity contribution is 5.91. The second-order valence-electron chi connectivity index (χ2n) is 5.17. The van der Waals surface area contributed by atoms with E-state index < -0.39 is 11.7 Å². The molecule has 0 unspecified atom stereocenters. The smallest absolute Gasteiger partial charge is 0.385 e. The largest absolute Gasteiger partial charge is 0.416 e. The predicted octanol–water partition coefficient (Wildman–Crippen LogP) is 4.45. The summed E-state index contributed by atoms with van der Waals surface area (Å²) in [5, 5.41) is 5.69. The topological polar surface area (TPSA) is 41.1 Å². The average Bonchev–Trinajstić information content (AvgIpc) is 2.47. The number of aryl methyl sites for hydroxylation is 1. The van der Waals surface area contributed by atoms with Gasteiger partial charge in [0.25, 0.3) is 0 Å². The summed E-state index contributed by atoms with van der Waals surface area (Å²) in [7, 11) is 0. The molecule has 0 bridgehead atoms. The number of rotatable bonds is 5. The van der Waals surface area contributed by atoms with Crippen molar-refractivity contribution in [2.75, 3.05) is 17.2 Å². The molecule has 2 N–H and O–H groups in total. The molecule has 0 saturated heterocycles. The molecule has 0 saturated carbocycles. The van der Waals surface area contributed by atoms with E-state index in [4.69, 9.17) is 0 Å². The fourth-order valence-electron chi connectivity index (χ4n) is 2.04. The van der Waals surface area contributed by atoms with Crippen LogP contribution < -0.4 is 10.6 Å². The normalized spacial score (nSPS) is 11.1. The summed E-state index contributed by atoms with van der Waals surface area (Å²) < 4.78 is 37.3. The number of halogens is 3. The molecule has 0 heterocycles. The zero-order valence-corrected chi connectivity index (χ0v) is 12.6. The molecule has 23 heavy (non-hydrogen) atoms. The number of amides is 1. The summed E-state index contributed by atoms with van der Waals surface area (Å²) in [5.41, 5.74) is 1.65. The van der Waals surface area contributed by atoms with E-state index >= 15 is 0 Å². The zero-order valence-electron chi connectivity index (χ0n) is 12.6. The molecule has 122 valence electrons. The van der Waals surface area contributed by atoms with Gasteiger partial charge in [0.05, 0.1) is 5.56 Å². The van der Waals surface area contributed by atoms with E-state index in [0.717, 1.165) is 23.4 Å². The minimum Gasteiger partial charge on any atom is -0.385 e. The summed E-state index contributed by atoms with van der Waals surface area (Å²) in [6.07, 6.45) is -4.16. The molecule has 2 rings (SSSR count).